The first kappa shape index (κ1) is 25.0. The number of carbonyl (C=O) groups is 2. The summed E-state index contributed by atoms with van der Waals surface area (Å²) in [6, 6.07) is 6.65. The van der Waals surface area contributed by atoms with E-state index in [1.54, 1.807) is 0 Å². The number of aromatic amines is 1. The van der Waals surface area contributed by atoms with Crippen molar-refractivity contribution in [3.63, 3.8) is 0 Å². The first-order valence-corrected chi connectivity index (χ1v) is 13.6. The monoisotopic (exact) mass is 491 g/mol. The molecule has 1 aliphatic heterocycles. The molecule has 0 spiro atoms. The Morgan fingerprint density at radius 2 is 2.06 bits per heavy atom. The predicted molar refractivity (Wildman–Crippen MR) is 145 cm³/mol. The number of amides is 3. The molecule has 5 rings (SSSR count). The van der Waals surface area contributed by atoms with Crippen LogP contribution in [0.1, 0.15) is 55.3 Å². The fraction of sp³-hybridized carbons (Fsp3) is 0.586. The van der Waals surface area contributed by atoms with E-state index >= 15 is 0 Å². The van der Waals surface area contributed by atoms with Gasteiger partial charge in [-0.2, -0.15) is 0 Å². The van der Waals surface area contributed by atoms with Crippen molar-refractivity contribution in [3.05, 3.63) is 41.6 Å². The van der Waals surface area contributed by atoms with Crippen LogP contribution in [0.3, 0.4) is 0 Å². The van der Waals surface area contributed by atoms with Gasteiger partial charge in [-0.05, 0) is 88.9 Å². The maximum absolute atomic E-state index is 14.0. The topological polar surface area (TPSA) is 71.7 Å². The van der Waals surface area contributed by atoms with Crippen molar-refractivity contribution in [3.8, 4) is 0 Å². The van der Waals surface area contributed by atoms with Gasteiger partial charge in [-0.3, -0.25) is 14.6 Å². The Morgan fingerprint density at radius 3 is 2.75 bits per heavy atom. The fourth-order valence-corrected chi connectivity index (χ4v) is 6.43. The fourth-order valence-electron chi connectivity index (χ4n) is 6.43. The minimum Gasteiger partial charge on any atom is -0.355 e. The van der Waals surface area contributed by atoms with E-state index in [1.807, 2.05) is 27.1 Å². The number of nitrogens with zero attached hydrogens (tertiary/aromatic N) is 3. The number of carbonyl (C=O) groups excluding carboxylic acids is 2. The van der Waals surface area contributed by atoms with Crippen LogP contribution < -0.4 is 5.32 Å². The number of urea groups is 1. The Balaban J connectivity index is 1.46. The minimum absolute atomic E-state index is 0.0159. The Kier molecular flexibility index (Phi) is 7.22. The maximum Gasteiger partial charge on any atom is 0.324 e. The highest BCUT2D eigenvalue weighted by atomic mass is 16.2. The second kappa shape index (κ2) is 10.4. The summed E-state index contributed by atoms with van der Waals surface area (Å²) in [4.78, 5) is 36.7. The quantitative estimate of drug-likeness (QED) is 0.555. The number of nitrogens with one attached hydrogen (secondary N) is 2. The molecule has 0 bridgehead atoms. The highest BCUT2D eigenvalue weighted by molar-refractivity contribution is 5.96. The van der Waals surface area contributed by atoms with Crippen LogP contribution in [0.15, 0.2) is 24.8 Å². The van der Waals surface area contributed by atoms with E-state index in [2.05, 4.69) is 44.9 Å². The van der Waals surface area contributed by atoms with Crippen molar-refractivity contribution in [2.75, 3.05) is 46.8 Å². The van der Waals surface area contributed by atoms with Crippen molar-refractivity contribution in [1.82, 2.24) is 25.0 Å². The Bertz CT molecular complexity index is 1130. The van der Waals surface area contributed by atoms with E-state index in [0.717, 1.165) is 56.0 Å². The molecule has 7 nitrogen and oxygen atoms in total. The summed E-state index contributed by atoms with van der Waals surface area (Å²) in [5, 5.41) is 4.20. The number of rotatable bonds is 9. The molecular formula is C29H41N5O2. The molecule has 2 heterocycles. The number of benzene rings is 1. The zero-order chi connectivity index (χ0) is 25.4. The number of aromatic nitrogens is 1. The zero-order valence-corrected chi connectivity index (χ0v) is 22.1. The molecule has 3 amide bonds. The van der Waals surface area contributed by atoms with Gasteiger partial charge >= 0.3 is 6.03 Å². The molecule has 1 aromatic heterocycles. The van der Waals surface area contributed by atoms with Gasteiger partial charge in [0.15, 0.2) is 0 Å². The molecule has 1 saturated carbocycles. The molecule has 3 atom stereocenters. The van der Waals surface area contributed by atoms with Crippen LogP contribution in [0, 0.1) is 11.8 Å². The number of likely N-dealkylation sites (tertiary alicyclic amines) is 1. The van der Waals surface area contributed by atoms with Crippen molar-refractivity contribution in [1.29, 1.82) is 0 Å². The Morgan fingerprint density at radius 1 is 1.25 bits per heavy atom. The largest absolute Gasteiger partial charge is 0.355 e. The van der Waals surface area contributed by atoms with Gasteiger partial charge in [0.1, 0.15) is 0 Å². The maximum atomic E-state index is 14.0. The molecule has 1 aromatic carbocycles. The number of hydrogen-bond donors (Lipinski definition) is 2. The van der Waals surface area contributed by atoms with Crippen molar-refractivity contribution in [2.45, 2.75) is 51.0 Å². The average molecular weight is 492 g/mol. The van der Waals surface area contributed by atoms with Gasteiger partial charge in [0.2, 0.25) is 5.91 Å². The summed E-state index contributed by atoms with van der Waals surface area (Å²) in [6.45, 7) is 9.55. The molecule has 36 heavy (non-hydrogen) atoms. The zero-order valence-electron chi connectivity index (χ0n) is 22.1. The Hall–Kier alpha value is -2.64. The van der Waals surface area contributed by atoms with Crippen LogP contribution in [0.5, 0.6) is 0 Å². The molecule has 2 N–H and O–H groups in total. The Labute approximate surface area is 214 Å². The number of hydrogen-bond acceptors (Lipinski definition) is 4. The van der Waals surface area contributed by atoms with Gasteiger partial charge in [0.05, 0.1) is 5.92 Å². The first-order chi connectivity index (χ1) is 17.4. The lowest BCUT2D eigenvalue weighted by Gasteiger charge is -2.47. The standard InChI is InChI=1S/C29H41N5O2/c1-5-24-23-16-26-22(21-9-7-10-25(31-24)27(21)23)15-20(18-33(26)17-19-11-12-19)28(35)34(29(36)30-6-2)14-8-13-32(3)4/h5,7,9-10,19-20,22,26,31H,1,6,8,11-18H2,2-4H3,(H,30,36)/t20-,22?,26-/m1/s1. The number of fused-ring (bicyclic) bond motifs is 2. The summed E-state index contributed by atoms with van der Waals surface area (Å²) < 4.78 is 0. The predicted octanol–water partition coefficient (Wildman–Crippen LogP) is 4.06. The number of piperidine rings is 1. The molecule has 194 valence electrons. The van der Waals surface area contributed by atoms with Crippen LogP contribution in [0.4, 0.5) is 4.79 Å². The second-order valence-corrected chi connectivity index (χ2v) is 11.2. The van der Waals surface area contributed by atoms with Gasteiger partial charge in [0, 0.05) is 54.7 Å². The smallest absolute Gasteiger partial charge is 0.324 e. The lowest BCUT2D eigenvalue weighted by atomic mass is 9.71. The minimum atomic E-state index is -0.258. The van der Waals surface area contributed by atoms with E-state index in [-0.39, 0.29) is 23.8 Å². The third-order valence-corrected chi connectivity index (χ3v) is 8.30. The third-order valence-electron chi connectivity index (χ3n) is 8.30. The van der Waals surface area contributed by atoms with Crippen LogP contribution in [-0.2, 0) is 11.2 Å². The van der Waals surface area contributed by atoms with Crippen LogP contribution >= 0.6 is 0 Å². The van der Waals surface area contributed by atoms with Crippen molar-refractivity contribution in [2.24, 2.45) is 11.8 Å². The van der Waals surface area contributed by atoms with E-state index in [4.69, 9.17) is 0 Å². The van der Waals surface area contributed by atoms with Gasteiger partial charge in [-0.25, -0.2) is 4.79 Å². The molecule has 2 fully saturated rings. The summed E-state index contributed by atoms with van der Waals surface area (Å²) in [5.74, 6) is 0.828. The van der Waals surface area contributed by atoms with Gasteiger partial charge in [0.25, 0.3) is 0 Å². The second-order valence-electron chi connectivity index (χ2n) is 11.2. The van der Waals surface area contributed by atoms with E-state index < -0.39 is 0 Å². The SMILES string of the molecule is C=Cc1[nH]c2cccc3c2c1C[C@@H]1C3C[C@@H](C(=O)N(CCCN(C)C)C(=O)NCC)CN1CC1CC1. The molecule has 1 saturated heterocycles. The lowest BCUT2D eigenvalue weighted by Crippen LogP contribution is -2.56. The summed E-state index contributed by atoms with van der Waals surface area (Å²) in [7, 11) is 4.04. The van der Waals surface area contributed by atoms with Gasteiger partial charge in [-0.1, -0.05) is 18.7 Å². The van der Waals surface area contributed by atoms with Gasteiger partial charge in [-0.15, -0.1) is 0 Å². The van der Waals surface area contributed by atoms with Crippen LogP contribution in [0.2, 0.25) is 0 Å². The number of imide groups is 1. The highest BCUT2D eigenvalue weighted by Crippen LogP contribution is 2.47. The normalized spacial score (nSPS) is 23.5. The number of H-pyrrole nitrogens is 1. The molecule has 2 aliphatic carbocycles. The summed E-state index contributed by atoms with van der Waals surface area (Å²) in [5.41, 5.74) is 5.00. The molecular weight excluding hydrogens is 450 g/mol. The van der Waals surface area contributed by atoms with Crippen LogP contribution in [-0.4, -0.2) is 84.5 Å². The first-order valence-electron chi connectivity index (χ1n) is 13.6. The average Bonchev–Trinajstić information content (AvgIpc) is 3.61. The third kappa shape index (κ3) is 4.83. The van der Waals surface area contributed by atoms with E-state index in [9.17, 15) is 9.59 Å². The molecule has 3 aliphatic rings. The molecule has 2 aromatic rings. The van der Waals surface area contributed by atoms with Crippen molar-refractivity contribution < 1.29 is 9.59 Å². The van der Waals surface area contributed by atoms with E-state index in [0.29, 0.717) is 19.1 Å². The molecule has 0 radical (unpaired) electrons. The summed E-state index contributed by atoms with van der Waals surface area (Å²) >= 11 is 0. The highest BCUT2D eigenvalue weighted by Gasteiger charge is 2.45. The lowest BCUT2D eigenvalue weighted by molar-refractivity contribution is -0.135. The molecule has 1 unspecified atom stereocenters. The van der Waals surface area contributed by atoms with Gasteiger partial charge < -0.3 is 15.2 Å². The summed E-state index contributed by atoms with van der Waals surface area (Å²) in [6.07, 6.45) is 7.06. The van der Waals surface area contributed by atoms with Crippen molar-refractivity contribution >= 4 is 28.9 Å². The molecule has 7 heteroatoms. The van der Waals surface area contributed by atoms with E-state index in [1.165, 1.54) is 34.3 Å². The van der Waals surface area contributed by atoms with Crippen LogP contribution in [0.25, 0.3) is 17.0 Å².